The van der Waals surface area contributed by atoms with E-state index in [0.29, 0.717) is 0 Å². The zero-order chi connectivity index (χ0) is 8.93. The summed E-state index contributed by atoms with van der Waals surface area (Å²) in [7, 11) is 0. The molecule has 0 amide bonds. The van der Waals surface area contributed by atoms with Crippen LogP contribution < -0.4 is 4.90 Å². The van der Waals surface area contributed by atoms with Gasteiger partial charge in [-0.2, -0.15) is 0 Å². The predicted octanol–water partition coefficient (Wildman–Crippen LogP) is 3.19. The Balaban J connectivity index is 2.15. The minimum Gasteiger partial charge on any atom is -0.348 e. The van der Waals surface area contributed by atoms with Crippen molar-refractivity contribution in [2.24, 2.45) is 0 Å². The van der Waals surface area contributed by atoms with Crippen LogP contribution in [-0.4, -0.2) is 6.54 Å². The van der Waals surface area contributed by atoms with Gasteiger partial charge in [-0.05, 0) is 31.4 Å². The summed E-state index contributed by atoms with van der Waals surface area (Å²) < 4.78 is 0. The zero-order valence-electron chi connectivity index (χ0n) is 7.82. The van der Waals surface area contributed by atoms with Gasteiger partial charge in [0.05, 0.1) is 0 Å². The van der Waals surface area contributed by atoms with Gasteiger partial charge in [-0.3, -0.25) is 0 Å². The first kappa shape index (κ1) is 8.36. The third kappa shape index (κ3) is 2.11. The second-order valence-corrected chi connectivity index (χ2v) is 3.41. The normalized spacial score (nSPS) is 17.1. The van der Waals surface area contributed by atoms with Gasteiger partial charge in [0, 0.05) is 18.4 Å². The Bertz CT molecular complexity index is 276. The molecule has 1 nitrogen and oxygen atoms in total. The molecule has 2 rings (SSSR count). The van der Waals surface area contributed by atoms with Crippen molar-refractivity contribution in [3.63, 3.8) is 0 Å². The van der Waals surface area contributed by atoms with Gasteiger partial charge in [-0.25, -0.2) is 0 Å². The van der Waals surface area contributed by atoms with Crippen molar-refractivity contribution < 1.29 is 0 Å². The summed E-state index contributed by atoms with van der Waals surface area (Å²) >= 11 is 0. The van der Waals surface area contributed by atoms with E-state index < -0.39 is 0 Å². The highest BCUT2D eigenvalue weighted by atomic mass is 15.1. The molecular formula is C12H15N. The molecule has 0 atom stereocenters. The topological polar surface area (TPSA) is 3.24 Å². The summed E-state index contributed by atoms with van der Waals surface area (Å²) in [6.07, 6.45) is 8.31. The second kappa shape index (κ2) is 4.13. The average molecular weight is 173 g/mol. The summed E-state index contributed by atoms with van der Waals surface area (Å²) in [5.74, 6) is 0. The van der Waals surface area contributed by atoms with Crippen molar-refractivity contribution in [1.82, 2.24) is 0 Å². The molecule has 0 N–H and O–H groups in total. The van der Waals surface area contributed by atoms with Crippen LogP contribution in [0.1, 0.15) is 19.3 Å². The van der Waals surface area contributed by atoms with Gasteiger partial charge in [0.15, 0.2) is 0 Å². The molecule has 0 radical (unpaired) electrons. The van der Waals surface area contributed by atoms with Gasteiger partial charge in [0.1, 0.15) is 0 Å². The lowest BCUT2D eigenvalue weighted by Gasteiger charge is -2.18. The summed E-state index contributed by atoms with van der Waals surface area (Å²) in [5, 5.41) is 0. The van der Waals surface area contributed by atoms with Gasteiger partial charge >= 0.3 is 0 Å². The SMILES string of the molecule is C1=CN(c2ccccc2)CCCC1. The highest BCUT2D eigenvalue weighted by molar-refractivity contribution is 5.48. The summed E-state index contributed by atoms with van der Waals surface area (Å²) in [6, 6.07) is 10.6. The van der Waals surface area contributed by atoms with Gasteiger partial charge in [-0.15, -0.1) is 0 Å². The molecular weight excluding hydrogens is 158 g/mol. The number of hydrogen-bond acceptors (Lipinski definition) is 1. The van der Waals surface area contributed by atoms with Gasteiger partial charge in [-0.1, -0.05) is 24.3 Å². The van der Waals surface area contributed by atoms with E-state index in [4.69, 9.17) is 0 Å². The lowest BCUT2D eigenvalue weighted by Crippen LogP contribution is -2.15. The Morgan fingerprint density at radius 3 is 2.69 bits per heavy atom. The van der Waals surface area contributed by atoms with Crippen molar-refractivity contribution in [2.75, 3.05) is 11.4 Å². The van der Waals surface area contributed by atoms with E-state index in [0.717, 1.165) is 6.54 Å². The van der Waals surface area contributed by atoms with Crippen molar-refractivity contribution in [3.05, 3.63) is 42.6 Å². The highest BCUT2D eigenvalue weighted by Crippen LogP contribution is 2.17. The summed E-state index contributed by atoms with van der Waals surface area (Å²) in [4.78, 5) is 2.33. The molecule has 1 aromatic rings. The quantitative estimate of drug-likeness (QED) is 0.630. The Hall–Kier alpha value is -1.24. The number of para-hydroxylation sites is 1. The monoisotopic (exact) mass is 173 g/mol. The average Bonchev–Trinajstić information content (AvgIpc) is 2.47. The predicted molar refractivity (Wildman–Crippen MR) is 56.8 cm³/mol. The maximum atomic E-state index is 2.33. The molecule has 1 aliphatic heterocycles. The molecule has 13 heavy (non-hydrogen) atoms. The number of nitrogens with zero attached hydrogens (tertiary/aromatic N) is 1. The van der Waals surface area contributed by atoms with E-state index >= 15 is 0 Å². The fourth-order valence-electron chi connectivity index (χ4n) is 1.66. The fraction of sp³-hybridized carbons (Fsp3) is 0.333. The lowest BCUT2D eigenvalue weighted by molar-refractivity contribution is 0.765. The van der Waals surface area contributed by atoms with E-state index in [9.17, 15) is 0 Å². The van der Waals surface area contributed by atoms with Gasteiger partial charge < -0.3 is 4.90 Å². The van der Waals surface area contributed by atoms with Crippen LogP contribution in [-0.2, 0) is 0 Å². The first-order valence-electron chi connectivity index (χ1n) is 4.95. The largest absolute Gasteiger partial charge is 0.348 e. The standard InChI is InChI=1S/C12H15N/c1-2-7-11-13(10-6-1)12-8-4-3-5-9-12/h3-6,8-10H,1-2,7,11H2. The molecule has 0 unspecified atom stereocenters. The van der Waals surface area contributed by atoms with Crippen LogP contribution in [0.3, 0.4) is 0 Å². The highest BCUT2D eigenvalue weighted by Gasteiger charge is 2.03. The van der Waals surface area contributed by atoms with E-state index in [2.05, 4.69) is 47.5 Å². The number of rotatable bonds is 1. The molecule has 0 spiro atoms. The van der Waals surface area contributed by atoms with Crippen LogP contribution in [0.4, 0.5) is 5.69 Å². The second-order valence-electron chi connectivity index (χ2n) is 3.41. The molecule has 0 bridgehead atoms. The van der Waals surface area contributed by atoms with Gasteiger partial charge in [0.25, 0.3) is 0 Å². The molecule has 1 heterocycles. The molecule has 0 saturated heterocycles. The van der Waals surface area contributed by atoms with Crippen LogP contribution in [0.15, 0.2) is 42.6 Å². The maximum absolute atomic E-state index is 2.33. The third-order valence-electron chi connectivity index (χ3n) is 2.39. The van der Waals surface area contributed by atoms with Crippen LogP contribution in [0, 0.1) is 0 Å². The van der Waals surface area contributed by atoms with E-state index in [1.807, 2.05) is 0 Å². The van der Waals surface area contributed by atoms with Crippen molar-refractivity contribution in [2.45, 2.75) is 19.3 Å². The van der Waals surface area contributed by atoms with Crippen molar-refractivity contribution in [1.29, 1.82) is 0 Å². The Kier molecular flexibility index (Phi) is 2.65. The number of allylic oxidation sites excluding steroid dienone is 1. The maximum Gasteiger partial charge on any atom is 0.0405 e. The smallest absolute Gasteiger partial charge is 0.0405 e. The van der Waals surface area contributed by atoms with Crippen molar-refractivity contribution >= 4 is 5.69 Å². The Morgan fingerprint density at radius 2 is 1.85 bits per heavy atom. The summed E-state index contributed by atoms with van der Waals surface area (Å²) in [5.41, 5.74) is 1.31. The molecule has 68 valence electrons. The lowest BCUT2D eigenvalue weighted by atomic mass is 10.2. The van der Waals surface area contributed by atoms with E-state index in [1.54, 1.807) is 0 Å². The number of benzene rings is 1. The molecule has 1 heteroatoms. The molecule has 0 aromatic heterocycles. The number of anilines is 1. The molecule has 1 aliphatic rings. The van der Waals surface area contributed by atoms with Crippen LogP contribution in [0.5, 0.6) is 0 Å². The summed E-state index contributed by atoms with van der Waals surface area (Å²) in [6.45, 7) is 1.15. The third-order valence-corrected chi connectivity index (χ3v) is 2.39. The fourth-order valence-corrected chi connectivity index (χ4v) is 1.66. The van der Waals surface area contributed by atoms with Crippen LogP contribution >= 0.6 is 0 Å². The minimum absolute atomic E-state index is 1.15. The molecule has 0 aliphatic carbocycles. The minimum atomic E-state index is 1.15. The van der Waals surface area contributed by atoms with E-state index in [1.165, 1.54) is 24.9 Å². The molecule has 1 aromatic carbocycles. The van der Waals surface area contributed by atoms with Crippen LogP contribution in [0.2, 0.25) is 0 Å². The van der Waals surface area contributed by atoms with E-state index in [-0.39, 0.29) is 0 Å². The number of hydrogen-bond donors (Lipinski definition) is 0. The first-order chi connectivity index (χ1) is 6.47. The van der Waals surface area contributed by atoms with Gasteiger partial charge in [0.2, 0.25) is 0 Å². The molecule has 0 saturated carbocycles. The Labute approximate surface area is 79.7 Å². The van der Waals surface area contributed by atoms with Crippen molar-refractivity contribution in [3.8, 4) is 0 Å². The molecule has 0 fully saturated rings. The Morgan fingerprint density at radius 1 is 1.00 bits per heavy atom. The zero-order valence-corrected chi connectivity index (χ0v) is 7.82. The first-order valence-corrected chi connectivity index (χ1v) is 4.95. The van der Waals surface area contributed by atoms with Crippen LogP contribution in [0.25, 0.3) is 0 Å².